The largest absolute Gasteiger partial charge is 0.335 e. The molecule has 0 N–H and O–H groups in total. The lowest BCUT2D eigenvalue weighted by molar-refractivity contribution is 0.0636. The van der Waals surface area contributed by atoms with Gasteiger partial charge in [0.05, 0.1) is 15.8 Å². The second-order valence-electron chi connectivity index (χ2n) is 5.32. The lowest BCUT2D eigenvalue weighted by Crippen LogP contribution is -2.49. The molecule has 2 aromatic heterocycles. The second kappa shape index (κ2) is 7.25. The average molecular weight is 353 g/mol. The molecular formula is C15H17ClN4O2S. The quantitative estimate of drug-likeness (QED) is 0.835. The molecule has 8 heteroatoms. The van der Waals surface area contributed by atoms with Gasteiger partial charge in [-0.2, -0.15) is 5.10 Å². The molecule has 3 rings (SSSR count). The first-order valence-electron chi connectivity index (χ1n) is 7.42. The summed E-state index contributed by atoms with van der Waals surface area (Å²) in [7, 11) is 0. The van der Waals surface area contributed by atoms with Gasteiger partial charge < -0.3 is 4.90 Å². The van der Waals surface area contributed by atoms with Crippen molar-refractivity contribution in [3.63, 3.8) is 0 Å². The first-order chi connectivity index (χ1) is 11.1. The minimum absolute atomic E-state index is 0.0440. The number of thiophene rings is 1. The van der Waals surface area contributed by atoms with E-state index in [1.54, 1.807) is 24.4 Å². The lowest BCUT2D eigenvalue weighted by atomic mass is 10.3. The Bertz CT molecular complexity index is 737. The van der Waals surface area contributed by atoms with Crippen LogP contribution >= 0.6 is 22.9 Å². The van der Waals surface area contributed by atoms with Gasteiger partial charge in [-0.1, -0.05) is 11.6 Å². The van der Waals surface area contributed by atoms with E-state index in [4.69, 9.17) is 11.6 Å². The molecule has 1 saturated heterocycles. The molecule has 6 nitrogen and oxygen atoms in total. The van der Waals surface area contributed by atoms with Crippen LogP contribution in [0.3, 0.4) is 0 Å². The molecule has 0 saturated carbocycles. The summed E-state index contributed by atoms with van der Waals surface area (Å²) in [5.41, 5.74) is -0.0871. The molecule has 0 radical (unpaired) electrons. The molecule has 1 aliphatic heterocycles. The summed E-state index contributed by atoms with van der Waals surface area (Å²) >= 11 is 7.20. The third kappa shape index (κ3) is 3.99. The standard InChI is InChI=1S/C15H17ClN4O2S/c16-13-4-3-12(23-13)15(22)19-9-6-18(7-10-19)8-11-20-14(21)2-1-5-17-20/h1-5H,6-11H2. The summed E-state index contributed by atoms with van der Waals surface area (Å²) in [6.07, 6.45) is 1.62. The number of carbonyl (C=O) groups is 1. The van der Waals surface area contributed by atoms with E-state index in [0.29, 0.717) is 28.8 Å². The zero-order valence-electron chi connectivity index (χ0n) is 12.5. The highest BCUT2D eigenvalue weighted by atomic mass is 35.5. The molecule has 1 fully saturated rings. The molecule has 0 bridgehead atoms. The fourth-order valence-corrected chi connectivity index (χ4v) is 3.56. The third-order valence-electron chi connectivity index (χ3n) is 3.86. The van der Waals surface area contributed by atoms with Crippen molar-refractivity contribution in [3.8, 4) is 0 Å². The van der Waals surface area contributed by atoms with Crippen molar-refractivity contribution in [1.29, 1.82) is 0 Å². The van der Waals surface area contributed by atoms with Crippen LogP contribution in [0, 0.1) is 0 Å². The van der Waals surface area contributed by atoms with Crippen molar-refractivity contribution < 1.29 is 4.79 Å². The summed E-state index contributed by atoms with van der Waals surface area (Å²) in [4.78, 5) is 28.7. The number of rotatable bonds is 4. The molecule has 1 aliphatic rings. The Morgan fingerprint density at radius 2 is 1.96 bits per heavy atom. The fraction of sp³-hybridized carbons (Fsp3) is 0.400. The van der Waals surface area contributed by atoms with Crippen LogP contribution in [0.15, 0.2) is 35.3 Å². The van der Waals surface area contributed by atoms with Gasteiger partial charge >= 0.3 is 0 Å². The number of hydrogen-bond donors (Lipinski definition) is 0. The molecule has 2 aromatic rings. The average Bonchev–Trinajstić information content (AvgIpc) is 3.00. The molecule has 122 valence electrons. The smallest absolute Gasteiger partial charge is 0.266 e. The number of aromatic nitrogens is 2. The maximum absolute atomic E-state index is 12.3. The molecular weight excluding hydrogens is 336 g/mol. The normalized spacial score (nSPS) is 15.8. The molecule has 0 aliphatic carbocycles. The summed E-state index contributed by atoms with van der Waals surface area (Å²) < 4.78 is 2.10. The molecule has 23 heavy (non-hydrogen) atoms. The minimum atomic E-state index is -0.0871. The number of halogens is 1. The van der Waals surface area contributed by atoms with Crippen molar-refractivity contribution in [2.75, 3.05) is 32.7 Å². The highest BCUT2D eigenvalue weighted by molar-refractivity contribution is 7.17. The van der Waals surface area contributed by atoms with E-state index in [1.165, 1.54) is 22.1 Å². The van der Waals surface area contributed by atoms with Gasteiger partial charge in [-0.25, -0.2) is 4.68 Å². The summed E-state index contributed by atoms with van der Waals surface area (Å²) in [6, 6.07) is 6.67. The van der Waals surface area contributed by atoms with Crippen LogP contribution in [0.25, 0.3) is 0 Å². The highest BCUT2D eigenvalue weighted by Crippen LogP contribution is 2.23. The Kier molecular flexibility index (Phi) is 5.09. The predicted molar refractivity (Wildman–Crippen MR) is 90.2 cm³/mol. The minimum Gasteiger partial charge on any atom is -0.335 e. The van der Waals surface area contributed by atoms with Crippen LogP contribution in [0.1, 0.15) is 9.67 Å². The van der Waals surface area contributed by atoms with Crippen LogP contribution < -0.4 is 5.56 Å². The number of piperazine rings is 1. The molecule has 1 amide bonds. The SMILES string of the molecule is O=C(c1ccc(Cl)s1)N1CCN(CCn2ncccc2=O)CC1. The van der Waals surface area contributed by atoms with Gasteiger partial charge in [-0.15, -0.1) is 11.3 Å². The van der Waals surface area contributed by atoms with E-state index >= 15 is 0 Å². The van der Waals surface area contributed by atoms with Crippen LogP contribution in [-0.4, -0.2) is 58.2 Å². The summed E-state index contributed by atoms with van der Waals surface area (Å²) in [6.45, 7) is 4.29. The van der Waals surface area contributed by atoms with Crippen LogP contribution in [0.2, 0.25) is 4.34 Å². The van der Waals surface area contributed by atoms with Crippen molar-refractivity contribution in [2.24, 2.45) is 0 Å². The first-order valence-corrected chi connectivity index (χ1v) is 8.62. The molecule has 0 atom stereocenters. The maximum Gasteiger partial charge on any atom is 0.266 e. The molecule has 0 aromatic carbocycles. The zero-order valence-corrected chi connectivity index (χ0v) is 14.1. The van der Waals surface area contributed by atoms with Crippen molar-refractivity contribution in [1.82, 2.24) is 19.6 Å². The molecule has 0 unspecified atom stereocenters. The van der Waals surface area contributed by atoms with E-state index in [9.17, 15) is 9.59 Å². The van der Waals surface area contributed by atoms with Gasteiger partial charge in [0, 0.05) is 45.0 Å². The fourth-order valence-electron chi connectivity index (χ4n) is 2.55. The van der Waals surface area contributed by atoms with Crippen molar-refractivity contribution in [2.45, 2.75) is 6.54 Å². The topological polar surface area (TPSA) is 58.4 Å². The van der Waals surface area contributed by atoms with Gasteiger partial charge in [0.2, 0.25) is 0 Å². The van der Waals surface area contributed by atoms with Crippen LogP contribution in [0.5, 0.6) is 0 Å². The van der Waals surface area contributed by atoms with Gasteiger partial charge in [0.15, 0.2) is 0 Å². The van der Waals surface area contributed by atoms with E-state index in [0.717, 1.165) is 19.6 Å². The van der Waals surface area contributed by atoms with E-state index in [2.05, 4.69) is 10.00 Å². The Balaban J connectivity index is 1.50. The number of nitrogens with zero attached hydrogens (tertiary/aromatic N) is 4. The second-order valence-corrected chi connectivity index (χ2v) is 7.04. The van der Waals surface area contributed by atoms with Gasteiger partial charge in [0.1, 0.15) is 0 Å². The number of hydrogen-bond acceptors (Lipinski definition) is 5. The zero-order chi connectivity index (χ0) is 16.2. The monoisotopic (exact) mass is 352 g/mol. The van der Waals surface area contributed by atoms with E-state index in [-0.39, 0.29) is 11.5 Å². The third-order valence-corrected chi connectivity index (χ3v) is 5.08. The first kappa shape index (κ1) is 16.2. The van der Waals surface area contributed by atoms with Crippen molar-refractivity contribution in [3.05, 3.63) is 50.0 Å². The number of amides is 1. The van der Waals surface area contributed by atoms with Crippen LogP contribution in [0.4, 0.5) is 0 Å². The Morgan fingerprint density at radius 3 is 2.61 bits per heavy atom. The van der Waals surface area contributed by atoms with E-state index < -0.39 is 0 Å². The van der Waals surface area contributed by atoms with Crippen LogP contribution in [-0.2, 0) is 6.54 Å². The van der Waals surface area contributed by atoms with Gasteiger partial charge in [-0.3, -0.25) is 14.5 Å². The molecule has 3 heterocycles. The Hall–Kier alpha value is -1.70. The maximum atomic E-state index is 12.3. The highest BCUT2D eigenvalue weighted by Gasteiger charge is 2.23. The number of carbonyl (C=O) groups excluding carboxylic acids is 1. The summed E-state index contributed by atoms with van der Waals surface area (Å²) in [5, 5.41) is 4.05. The van der Waals surface area contributed by atoms with E-state index in [1.807, 2.05) is 4.90 Å². The Morgan fingerprint density at radius 1 is 1.17 bits per heavy atom. The predicted octanol–water partition coefficient (Wildman–Crippen LogP) is 1.42. The van der Waals surface area contributed by atoms with Crippen molar-refractivity contribution >= 4 is 28.8 Å². The van der Waals surface area contributed by atoms with Gasteiger partial charge in [-0.05, 0) is 18.2 Å². The lowest BCUT2D eigenvalue weighted by Gasteiger charge is -2.34. The van der Waals surface area contributed by atoms with Gasteiger partial charge in [0.25, 0.3) is 11.5 Å². The molecule has 0 spiro atoms. The summed E-state index contributed by atoms with van der Waals surface area (Å²) in [5.74, 6) is 0.0440. The Labute approximate surface area is 142 Å².